The van der Waals surface area contributed by atoms with E-state index in [9.17, 15) is 27.2 Å². The van der Waals surface area contributed by atoms with E-state index in [4.69, 9.17) is 9.47 Å². The molecule has 2 heterocycles. The highest BCUT2D eigenvalue weighted by atomic mass is 79.9. The number of halogens is 5. The molecule has 1 aliphatic rings. The number of carbonyl (C=O) groups excluding carboxylic acids is 2. The van der Waals surface area contributed by atoms with Gasteiger partial charge >= 0.3 is 18.3 Å². The number of alkyl halides is 3. The summed E-state index contributed by atoms with van der Waals surface area (Å²) in [6.07, 6.45) is -7.05. The third kappa shape index (κ3) is 6.16. The molecule has 1 aromatic carbocycles. The molecule has 0 unspecified atom stereocenters. The van der Waals surface area contributed by atoms with Crippen molar-refractivity contribution in [3.8, 4) is 0 Å². The minimum Gasteiger partial charge on any atom is -0.451 e. The zero-order valence-electron chi connectivity index (χ0n) is 19.2. The van der Waals surface area contributed by atoms with Crippen LogP contribution in [0.1, 0.15) is 50.2 Å². The van der Waals surface area contributed by atoms with Crippen molar-refractivity contribution >= 4 is 34.0 Å². The molecule has 35 heavy (non-hydrogen) atoms. The molecule has 0 bridgehead atoms. The summed E-state index contributed by atoms with van der Waals surface area (Å²) >= 11 is 3.07. The molecule has 7 nitrogen and oxygen atoms in total. The van der Waals surface area contributed by atoms with Crippen LogP contribution in [0.4, 0.5) is 22.4 Å². The lowest BCUT2D eigenvalue weighted by molar-refractivity contribution is -0.165. The Labute approximate surface area is 207 Å². The average molecular weight is 560 g/mol. The van der Waals surface area contributed by atoms with Crippen LogP contribution in [0.3, 0.4) is 0 Å². The number of carbonyl (C=O) groups is 2. The molecule has 2 amide bonds. The first kappa shape index (κ1) is 26.6. The molecule has 188 valence electrons. The molecule has 0 saturated heterocycles. The van der Waals surface area contributed by atoms with Crippen LogP contribution in [0.25, 0.3) is 0 Å². The van der Waals surface area contributed by atoms with Crippen LogP contribution in [-0.2, 0) is 15.1 Å². The molecular weight excluding hydrogens is 538 g/mol. The molecule has 0 spiro atoms. The van der Waals surface area contributed by atoms with E-state index in [2.05, 4.69) is 25.9 Å². The maximum Gasteiger partial charge on any atom is 0.425 e. The Morgan fingerprint density at radius 3 is 2.34 bits per heavy atom. The first-order valence-electron chi connectivity index (χ1n) is 10.4. The maximum atomic E-state index is 14.7. The van der Waals surface area contributed by atoms with Gasteiger partial charge in [0.15, 0.2) is 11.6 Å². The minimum absolute atomic E-state index is 0.0349. The van der Waals surface area contributed by atoms with Gasteiger partial charge in [-0.25, -0.2) is 19.2 Å². The lowest BCUT2D eigenvalue weighted by atomic mass is 9.91. The van der Waals surface area contributed by atoms with Gasteiger partial charge in [0.05, 0.1) is 0 Å². The molecule has 0 N–H and O–H groups in total. The van der Waals surface area contributed by atoms with E-state index in [0.717, 1.165) is 6.07 Å². The van der Waals surface area contributed by atoms with Gasteiger partial charge in [-0.2, -0.15) is 18.1 Å². The predicted molar refractivity (Wildman–Crippen MR) is 121 cm³/mol. The number of hydrogen-bond acceptors (Lipinski definition) is 6. The number of ether oxygens (including phenoxy) is 2. The molecule has 0 saturated carbocycles. The standard InChI is InChI=1S/C23H22BrF4N3O4/c1-21(2,3)35-20(33)31(18(32)13-8-6-5-7-9-13)19-29-15(23(26,27)28)12-22(4,34-19)17-14(25)10-11-16(24)30-17/h5-11,15H,12H2,1-4H3/t15-,22-/m0/s1. The first-order valence-corrected chi connectivity index (χ1v) is 11.2. The third-order valence-electron chi connectivity index (χ3n) is 4.85. The van der Waals surface area contributed by atoms with Gasteiger partial charge < -0.3 is 9.47 Å². The normalized spacial score (nSPS) is 20.5. The Hall–Kier alpha value is -3.02. The Balaban J connectivity index is 2.17. The minimum atomic E-state index is -4.89. The van der Waals surface area contributed by atoms with E-state index >= 15 is 0 Å². The highest BCUT2D eigenvalue weighted by Crippen LogP contribution is 2.41. The molecule has 1 aliphatic heterocycles. The van der Waals surface area contributed by atoms with Crippen LogP contribution in [-0.4, -0.2) is 45.7 Å². The van der Waals surface area contributed by atoms with Crippen molar-refractivity contribution in [2.45, 2.75) is 57.5 Å². The molecule has 0 fully saturated rings. The second-order valence-corrected chi connectivity index (χ2v) is 9.77. The van der Waals surface area contributed by atoms with E-state index in [1.54, 1.807) is 6.07 Å². The second-order valence-electron chi connectivity index (χ2n) is 8.96. The lowest BCUT2D eigenvalue weighted by Crippen LogP contribution is -2.53. The number of aliphatic imine (C=N–C) groups is 1. The number of hydrogen-bond donors (Lipinski definition) is 0. The smallest absolute Gasteiger partial charge is 0.425 e. The monoisotopic (exact) mass is 559 g/mol. The predicted octanol–water partition coefficient (Wildman–Crippen LogP) is 5.98. The molecule has 2 aromatic rings. The van der Waals surface area contributed by atoms with E-state index in [1.165, 1.54) is 58.0 Å². The van der Waals surface area contributed by atoms with Crippen LogP contribution in [0.2, 0.25) is 0 Å². The van der Waals surface area contributed by atoms with Crippen molar-refractivity contribution in [3.05, 3.63) is 64.1 Å². The van der Waals surface area contributed by atoms with Gasteiger partial charge in [0, 0.05) is 12.0 Å². The van der Waals surface area contributed by atoms with Gasteiger partial charge in [-0.05, 0) is 67.9 Å². The first-order chi connectivity index (χ1) is 16.1. The van der Waals surface area contributed by atoms with Gasteiger partial charge in [-0.15, -0.1) is 0 Å². The summed E-state index contributed by atoms with van der Waals surface area (Å²) in [4.78, 5) is 34.1. The van der Waals surface area contributed by atoms with Crippen LogP contribution in [0.5, 0.6) is 0 Å². The summed E-state index contributed by atoms with van der Waals surface area (Å²) in [6, 6.07) is 6.22. The number of aromatic nitrogens is 1. The van der Waals surface area contributed by atoms with Crippen LogP contribution < -0.4 is 0 Å². The Bertz CT molecular complexity index is 1150. The Morgan fingerprint density at radius 1 is 1.14 bits per heavy atom. The van der Waals surface area contributed by atoms with Crippen LogP contribution >= 0.6 is 15.9 Å². The molecule has 3 rings (SSSR count). The number of imide groups is 1. The van der Waals surface area contributed by atoms with Crippen molar-refractivity contribution in [2.75, 3.05) is 0 Å². The van der Waals surface area contributed by atoms with Gasteiger partial charge in [0.2, 0.25) is 0 Å². The van der Waals surface area contributed by atoms with Gasteiger partial charge in [0.1, 0.15) is 21.7 Å². The summed E-state index contributed by atoms with van der Waals surface area (Å²) in [5, 5.41) is 0. The van der Waals surface area contributed by atoms with Crippen molar-refractivity contribution in [1.29, 1.82) is 0 Å². The van der Waals surface area contributed by atoms with E-state index in [0.29, 0.717) is 0 Å². The molecule has 1 aromatic heterocycles. The fourth-order valence-corrected chi connectivity index (χ4v) is 3.62. The largest absolute Gasteiger partial charge is 0.451 e. The number of amides is 2. The Kier molecular flexibility index (Phi) is 7.26. The highest BCUT2D eigenvalue weighted by molar-refractivity contribution is 9.10. The SMILES string of the molecule is CC(C)(C)OC(=O)N(C(=O)c1ccccc1)C1=N[C@H](C(F)(F)F)C[C@@](C)(c2nc(Br)ccc2F)O1. The summed E-state index contributed by atoms with van der Waals surface area (Å²) < 4.78 is 67.5. The summed E-state index contributed by atoms with van der Waals surface area (Å²) in [6.45, 7) is 5.73. The fraction of sp³-hybridized carbons (Fsp3) is 0.391. The van der Waals surface area contributed by atoms with Crippen LogP contribution in [0, 0.1) is 5.82 Å². The number of benzene rings is 1. The van der Waals surface area contributed by atoms with Gasteiger partial charge in [-0.3, -0.25) is 4.79 Å². The number of pyridine rings is 1. The van der Waals surface area contributed by atoms with Gasteiger partial charge in [-0.1, -0.05) is 18.2 Å². The Morgan fingerprint density at radius 2 is 1.77 bits per heavy atom. The maximum absolute atomic E-state index is 14.7. The van der Waals surface area contributed by atoms with Gasteiger partial charge in [0.25, 0.3) is 5.91 Å². The molecule has 0 radical (unpaired) electrons. The quantitative estimate of drug-likeness (QED) is 0.334. The lowest BCUT2D eigenvalue weighted by Gasteiger charge is -2.39. The third-order valence-corrected chi connectivity index (χ3v) is 5.29. The zero-order valence-corrected chi connectivity index (χ0v) is 20.8. The van der Waals surface area contributed by atoms with Crippen molar-refractivity contribution in [3.63, 3.8) is 0 Å². The second kappa shape index (κ2) is 9.56. The van der Waals surface area contributed by atoms with Crippen molar-refractivity contribution < 1.29 is 36.6 Å². The summed E-state index contributed by atoms with van der Waals surface area (Å²) in [5.74, 6) is -1.97. The number of rotatable bonds is 2. The van der Waals surface area contributed by atoms with E-state index < -0.39 is 59.4 Å². The van der Waals surface area contributed by atoms with E-state index in [1.807, 2.05) is 0 Å². The number of nitrogens with zero attached hydrogens (tertiary/aromatic N) is 3. The summed E-state index contributed by atoms with van der Waals surface area (Å²) in [7, 11) is 0. The van der Waals surface area contributed by atoms with Crippen molar-refractivity contribution in [1.82, 2.24) is 9.88 Å². The average Bonchev–Trinajstić information content (AvgIpc) is 2.74. The molecular formula is C23H22BrF4N3O4. The van der Waals surface area contributed by atoms with Crippen molar-refractivity contribution in [2.24, 2.45) is 4.99 Å². The van der Waals surface area contributed by atoms with Crippen LogP contribution in [0.15, 0.2) is 52.1 Å². The number of amidine groups is 1. The topological polar surface area (TPSA) is 81.1 Å². The molecule has 2 atom stereocenters. The molecule has 0 aliphatic carbocycles. The van der Waals surface area contributed by atoms with E-state index in [-0.39, 0.29) is 15.1 Å². The summed E-state index contributed by atoms with van der Waals surface area (Å²) in [5.41, 5.74) is -3.63. The molecule has 12 heteroatoms. The highest BCUT2D eigenvalue weighted by Gasteiger charge is 2.52. The zero-order chi connectivity index (χ0) is 26.2. The fourth-order valence-electron chi connectivity index (χ4n) is 3.31.